The van der Waals surface area contributed by atoms with Crippen LogP contribution < -0.4 is 10.7 Å². The van der Waals surface area contributed by atoms with Crippen molar-refractivity contribution >= 4 is 34.6 Å². The summed E-state index contributed by atoms with van der Waals surface area (Å²) >= 11 is 12.3. The lowest BCUT2D eigenvalue weighted by Gasteiger charge is -2.37. The van der Waals surface area contributed by atoms with Gasteiger partial charge < -0.3 is 10.5 Å². The highest BCUT2D eigenvalue weighted by Gasteiger charge is 2.58. The van der Waals surface area contributed by atoms with Crippen molar-refractivity contribution in [3.05, 3.63) is 75.6 Å². The van der Waals surface area contributed by atoms with Gasteiger partial charge in [-0.3, -0.25) is 0 Å². The van der Waals surface area contributed by atoms with E-state index >= 15 is 0 Å². The van der Waals surface area contributed by atoms with E-state index in [1.54, 1.807) is 30.3 Å². The van der Waals surface area contributed by atoms with Gasteiger partial charge in [0.2, 0.25) is 12.1 Å². The topological polar surface area (TPSA) is 74.6 Å². The Bertz CT molecular complexity index is 1100. The molecule has 0 unspecified atom stereocenters. The minimum Gasteiger partial charge on any atom is -0.452 e. The second kappa shape index (κ2) is 7.42. The Labute approximate surface area is 179 Å². The SMILES string of the molecule is N#CC1=C(N)O[C@H]2[C@H](C(C(F)(F)F)=NN2c2ccccc2)[C@@H]1c1ccc(Cl)cc1Cl. The number of hydrogen-bond acceptors (Lipinski definition) is 5. The zero-order valence-electron chi connectivity index (χ0n) is 15.1. The molecule has 0 bridgehead atoms. The van der Waals surface area contributed by atoms with Crippen LogP contribution in [0.5, 0.6) is 0 Å². The quantitative estimate of drug-likeness (QED) is 0.680. The number of anilines is 1. The third kappa shape index (κ3) is 3.34. The van der Waals surface area contributed by atoms with Gasteiger partial charge >= 0.3 is 6.18 Å². The van der Waals surface area contributed by atoms with E-state index in [1.807, 2.05) is 6.07 Å². The van der Waals surface area contributed by atoms with E-state index in [2.05, 4.69) is 5.10 Å². The minimum atomic E-state index is -4.76. The molecule has 0 saturated carbocycles. The fourth-order valence-electron chi connectivity index (χ4n) is 3.76. The van der Waals surface area contributed by atoms with E-state index in [0.717, 1.165) is 5.01 Å². The van der Waals surface area contributed by atoms with Gasteiger partial charge in [0.15, 0.2) is 5.71 Å². The maximum Gasteiger partial charge on any atom is 0.431 e. The molecule has 0 radical (unpaired) electrons. The third-order valence-corrected chi connectivity index (χ3v) is 5.55. The number of hydrogen-bond donors (Lipinski definition) is 1. The zero-order valence-corrected chi connectivity index (χ0v) is 16.6. The van der Waals surface area contributed by atoms with Crippen LogP contribution in [0.15, 0.2) is 65.1 Å². The number of benzene rings is 2. The highest BCUT2D eigenvalue weighted by molar-refractivity contribution is 6.35. The van der Waals surface area contributed by atoms with E-state index in [1.165, 1.54) is 18.2 Å². The Kier molecular flexibility index (Phi) is 5.04. The molecular formula is C20H13Cl2F3N4O. The van der Waals surface area contributed by atoms with Gasteiger partial charge in [-0.1, -0.05) is 47.5 Å². The molecule has 154 valence electrons. The summed E-state index contributed by atoms with van der Waals surface area (Å²) in [6.07, 6.45) is -5.97. The first-order valence-corrected chi connectivity index (χ1v) is 9.49. The van der Waals surface area contributed by atoms with E-state index < -0.39 is 30.0 Å². The third-order valence-electron chi connectivity index (χ3n) is 4.99. The van der Waals surface area contributed by atoms with Gasteiger partial charge in [0.1, 0.15) is 6.07 Å². The maximum atomic E-state index is 14.0. The number of ether oxygens (including phenoxy) is 1. The lowest BCUT2D eigenvalue weighted by Crippen LogP contribution is -2.46. The number of nitriles is 1. The van der Waals surface area contributed by atoms with Gasteiger partial charge in [-0.15, -0.1) is 0 Å². The van der Waals surface area contributed by atoms with Gasteiger partial charge in [-0.25, -0.2) is 5.01 Å². The molecule has 0 amide bonds. The van der Waals surface area contributed by atoms with Crippen LogP contribution in [0.1, 0.15) is 11.5 Å². The number of alkyl halides is 3. The molecule has 2 aromatic rings. The summed E-state index contributed by atoms with van der Waals surface area (Å²) in [7, 11) is 0. The van der Waals surface area contributed by atoms with Crippen LogP contribution in [-0.2, 0) is 4.74 Å². The molecule has 2 heterocycles. The van der Waals surface area contributed by atoms with Crippen molar-refractivity contribution in [3.63, 3.8) is 0 Å². The summed E-state index contributed by atoms with van der Waals surface area (Å²) in [4.78, 5) is 0. The van der Waals surface area contributed by atoms with Crippen molar-refractivity contribution in [2.24, 2.45) is 16.8 Å². The Balaban J connectivity index is 1.93. The Morgan fingerprint density at radius 2 is 1.83 bits per heavy atom. The standard InChI is InChI=1S/C20H13Cl2F3N4O/c21-10-6-7-12(14(22)8-10)15-13(9-26)18(27)30-19-16(15)17(20(23,24)25)28-29(19)11-4-2-1-3-5-11/h1-8,15-16,19H,27H2/t15-,16+,19+/m1/s1. The summed E-state index contributed by atoms with van der Waals surface area (Å²) in [5.41, 5.74) is 5.41. The highest BCUT2D eigenvalue weighted by Crippen LogP contribution is 2.50. The molecule has 2 aliphatic heterocycles. The summed E-state index contributed by atoms with van der Waals surface area (Å²) in [5.74, 6) is -2.76. The monoisotopic (exact) mass is 452 g/mol. The predicted octanol–water partition coefficient (Wildman–Crippen LogP) is 5.18. The fraction of sp³-hybridized carbons (Fsp3) is 0.200. The lowest BCUT2D eigenvalue weighted by atomic mass is 9.76. The number of fused-ring (bicyclic) bond motifs is 1. The summed E-state index contributed by atoms with van der Waals surface area (Å²) in [6.45, 7) is 0. The van der Waals surface area contributed by atoms with Crippen LogP contribution in [0, 0.1) is 17.2 Å². The highest BCUT2D eigenvalue weighted by atomic mass is 35.5. The molecule has 5 nitrogen and oxygen atoms in total. The number of para-hydroxylation sites is 1. The number of halogens is 5. The second-order valence-electron chi connectivity index (χ2n) is 6.73. The van der Waals surface area contributed by atoms with Crippen molar-refractivity contribution in [2.75, 3.05) is 5.01 Å². The van der Waals surface area contributed by atoms with Crippen molar-refractivity contribution in [1.82, 2.24) is 0 Å². The maximum absolute atomic E-state index is 14.0. The summed E-state index contributed by atoms with van der Waals surface area (Å²) in [6, 6.07) is 14.5. The number of nitrogens with zero attached hydrogens (tertiary/aromatic N) is 3. The van der Waals surface area contributed by atoms with E-state index in [-0.39, 0.29) is 22.0 Å². The van der Waals surface area contributed by atoms with Crippen LogP contribution in [-0.4, -0.2) is 18.1 Å². The Morgan fingerprint density at radius 3 is 2.43 bits per heavy atom. The van der Waals surface area contributed by atoms with Crippen LogP contribution in [0.25, 0.3) is 0 Å². The average molecular weight is 453 g/mol. The predicted molar refractivity (Wildman–Crippen MR) is 107 cm³/mol. The van der Waals surface area contributed by atoms with E-state index in [4.69, 9.17) is 33.7 Å². The van der Waals surface area contributed by atoms with Gasteiger partial charge in [-0.05, 0) is 29.8 Å². The van der Waals surface area contributed by atoms with Crippen molar-refractivity contribution < 1.29 is 17.9 Å². The molecule has 0 fully saturated rings. The van der Waals surface area contributed by atoms with Crippen molar-refractivity contribution in [3.8, 4) is 6.07 Å². The summed E-state index contributed by atoms with van der Waals surface area (Å²) in [5, 5.41) is 15.1. The molecule has 2 aromatic carbocycles. The molecule has 4 rings (SSSR count). The molecule has 0 saturated heterocycles. The summed E-state index contributed by atoms with van der Waals surface area (Å²) < 4.78 is 47.6. The van der Waals surface area contributed by atoms with Gasteiger partial charge in [0.05, 0.1) is 17.2 Å². The molecule has 0 aromatic heterocycles. The Morgan fingerprint density at radius 1 is 1.13 bits per heavy atom. The molecule has 0 aliphatic carbocycles. The van der Waals surface area contributed by atoms with Crippen LogP contribution in [0.3, 0.4) is 0 Å². The van der Waals surface area contributed by atoms with Gasteiger partial charge in [0.25, 0.3) is 0 Å². The number of hydrazone groups is 1. The first-order valence-electron chi connectivity index (χ1n) is 8.73. The molecule has 3 atom stereocenters. The smallest absolute Gasteiger partial charge is 0.431 e. The van der Waals surface area contributed by atoms with E-state index in [0.29, 0.717) is 10.7 Å². The van der Waals surface area contributed by atoms with Crippen LogP contribution in [0.2, 0.25) is 10.0 Å². The largest absolute Gasteiger partial charge is 0.452 e. The second-order valence-corrected chi connectivity index (χ2v) is 7.57. The molecule has 30 heavy (non-hydrogen) atoms. The Hall–Kier alpha value is -2.89. The average Bonchev–Trinajstić information content (AvgIpc) is 3.07. The number of allylic oxidation sites excluding steroid dienone is 1. The molecule has 10 heteroatoms. The lowest BCUT2D eigenvalue weighted by molar-refractivity contribution is -0.0658. The zero-order chi connectivity index (χ0) is 21.6. The van der Waals surface area contributed by atoms with E-state index in [9.17, 15) is 18.4 Å². The fourth-order valence-corrected chi connectivity index (χ4v) is 4.28. The van der Waals surface area contributed by atoms with Crippen molar-refractivity contribution in [1.29, 1.82) is 5.26 Å². The molecule has 2 aliphatic rings. The van der Waals surface area contributed by atoms with Crippen LogP contribution in [0.4, 0.5) is 18.9 Å². The van der Waals surface area contributed by atoms with Crippen LogP contribution >= 0.6 is 23.2 Å². The molecule has 2 N–H and O–H groups in total. The number of nitrogens with two attached hydrogens (primary N) is 1. The normalized spacial score (nSPS) is 23.5. The number of rotatable bonds is 2. The molecular weight excluding hydrogens is 440 g/mol. The first-order chi connectivity index (χ1) is 14.2. The molecule has 0 spiro atoms. The minimum absolute atomic E-state index is 0.119. The van der Waals surface area contributed by atoms with Crippen molar-refractivity contribution in [2.45, 2.75) is 18.3 Å². The van der Waals surface area contributed by atoms with Gasteiger partial charge in [-0.2, -0.15) is 23.5 Å². The first kappa shape index (κ1) is 20.4. The van der Waals surface area contributed by atoms with Gasteiger partial charge in [0, 0.05) is 16.0 Å².